The van der Waals surface area contributed by atoms with E-state index in [2.05, 4.69) is 5.32 Å². The molecule has 1 N–H and O–H groups in total. The number of benzene rings is 1. The second-order valence-corrected chi connectivity index (χ2v) is 12.0. The number of amides is 2. The van der Waals surface area contributed by atoms with E-state index in [0.29, 0.717) is 16.3 Å². The van der Waals surface area contributed by atoms with Crippen LogP contribution in [0.3, 0.4) is 0 Å². The number of ether oxygens (including phenoxy) is 5. The van der Waals surface area contributed by atoms with E-state index < -0.39 is 53.9 Å². The first-order valence-electron chi connectivity index (χ1n) is 12.5. The van der Waals surface area contributed by atoms with Crippen LogP contribution in [-0.2, 0) is 59.1 Å². The number of carbonyl (C=O) groups is 7. The first-order valence-corrected chi connectivity index (χ1v) is 15.7. The molecule has 238 valence electrons. The molecule has 43 heavy (non-hydrogen) atoms. The number of esters is 5. The summed E-state index contributed by atoms with van der Waals surface area (Å²) >= 11 is 5.77. The average Bonchev–Trinajstić information content (AvgIpc) is 2.87. The van der Waals surface area contributed by atoms with Crippen LogP contribution in [0, 0.1) is 10.7 Å². The van der Waals surface area contributed by atoms with Crippen LogP contribution in [-0.4, -0.2) is 80.2 Å². The minimum atomic E-state index is -1.24. The molecule has 0 fully saturated rings. The van der Waals surface area contributed by atoms with E-state index in [9.17, 15) is 33.6 Å². The van der Waals surface area contributed by atoms with Crippen LogP contribution in [0.15, 0.2) is 0 Å². The lowest BCUT2D eigenvalue weighted by atomic mass is 10.1. The largest absolute Gasteiger partial charge is 0.464 e. The van der Waals surface area contributed by atoms with Crippen molar-refractivity contribution in [2.45, 2.75) is 60.4 Å². The Kier molecular flexibility index (Phi) is 16.7. The fourth-order valence-corrected chi connectivity index (χ4v) is 7.99. The Morgan fingerprint density at radius 1 is 0.744 bits per heavy atom. The molecule has 0 aliphatic heterocycles. The van der Waals surface area contributed by atoms with Crippen molar-refractivity contribution in [2.75, 3.05) is 31.2 Å². The molecule has 2 amide bonds. The lowest BCUT2D eigenvalue weighted by Crippen LogP contribution is -2.43. The highest BCUT2D eigenvalue weighted by Gasteiger charge is 2.33. The number of anilines is 1. The van der Waals surface area contributed by atoms with Gasteiger partial charge in [0, 0.05) is 47.3 Å². The van der Waals surface area contributed by atoms with Crippen molar-refractivity contribution < 1.29 is 57.2 Å². The van der Waals surface area contributed by atoms with E-state index in [-0.39, 0.29) is 44.2 Å². The summed E-state index contributed by atoms with van der Waals surface area (Å²) in [4.78, 5) is 86.0. The number of halogens is 3. The van der Waals surface area contributed by atoms with Crippen LogP contribution in [0.2, 0.25) is 0 Å². The quantitative estimate of drug-likeness (QED) is 0.164. The zero-order valence-electron chi connectivity index (χ0n) is 24.2. The van der Waals surface area contributed by atoms with Gasteiger partial charge in [-0.25, -0.2) is 0 Å². The molecule has 0 aromatic heterocycles. The maximum Gasteiger partial charge on any atom is 0.303 e. The van der Waals surface area contributed by atoms with E-state index in [1.54, 1.807) is 0 Å². The predicted octanol–water partition coefficient (Wildman–Crippen LogP) is 2.64. The molecule has 2 atom stereocenters. The highest BCUT2D eigenvalue weighted by Crippen LogP contribution is 2.38. The monoisotopic (exact) mass is 944 g/mol. The number of rotatable bonds is 14. The van der Waals surface area contributed by atoms with E-state index in [4.69, 9.17) is 23.7 Å². The third kappa shape index (κ3) is 12.7. The van der Waals surface area contributed by atoms with Gasteiger partial charge in [0.25, 0.3) is 11.8 Å². The maximum atomic E-state index is 13.6. The highest BCUT2D eigenvalue weighted by atomic mass is 127. The van der Waals surface area contributed by atoms with Crippen LogP contribution < -0.4 is 10.2 Å². The van der Waals surface area contributed by atoms with Crippen molar-refractivity contribution >= 4 is 115 Å². The molecular weight excluding hydrogens is 913 g/mol. The Labute approximate surface area is 289 Å². The fraction of sp³-hybridized carbons (Fsp3) is 0.500. The SMILES string of the molecule is CC(=O)OCCN(C(=O)C(C)OC(C)=O)c1c(I)c(COC(C)=O)c(I)c(C(=O)NCC(COC(C)=O)OC(C)=O)c1I. The lowest BCUT2D eigenvalue weighted by Gasteiger charge is -2.30. The van der Waals surface area contributed by atoms with Gasteiger partial charge < -0.3 is 33.9 Å². The summed E-state index contributed by atoms with van der Waals surface area (Å²) in [5.74, 6) is -4.43. The van der Waals surface area contributed by atoms with Gasteiger partial charge in [0.1, 0.15) is 19.8 Å². The molecule has 0 aliphatic carbocycles. The van der Waals surface area contributed by atoms with Gasteiger partial charge in [-0.05, 0) is 74.7 Å². The molecule has 0 spiro atoms. The summed E-state index contributed by atoms with van der Waals surface area (Å²) in [6.45, 7) is 6.14. The van der Waals surface area contributed by atoms with Crippen molar-refractivity contribution in [3.8, 4) is 0 Å². The summed E-state index contributed by atoms with van der Waals surface area (Å²) in [6.07, 6.45) is -2.23. The van der Waals surface area contributed by atoms with E-state index >= 15 is 0 Å². The van der Waals surface area contributed by atoms with Crippen molar-refractivity contribution in [3.05, 3.63) is 21.8 Å². The average molecular weight is 944 g/mol. The zero-order valence-corrected chi connectivity index (χ0v) is 30.6. The molecule has 17 heteroatoms. The topological polar surface area (TPSA) is 181 Å². The summed E-state index contributed by atoms with van der Waals surface area (Å²) in [5.41, 5.74) is 0.721. The third-order valence-electron chi connectivity index (χ3n) is 5.17. The van der Waals surface area contributed by atoms with Gasteiger partial charge in [-0.2, -0.15) is 0 Å². The standard InChI is InChI=1S/C26H31I3N2O12/c1-12(42-16(5)35)26(38)31(7-8-39-13(2)32)24-22(28)19(11-41-15(4)34)21(27)20(23(24)29)25(37)30-9-18(43-17(6)36)10-40-14(3)33/h12,18H,7-11H2,1-6H3,(H,30,37). The zero-order chi connectivity index (χ0) is 33.0. The molecule has 14 nitrogen and oxygen atoms in total. The van der Waals surface area contributed by atoms with Crippen molar-refractivity contribution in [3.63, 3.8) is 0 Å². The fourth-order valence-electron chi connectivity index (χ4n) is 3.44. The smallest absolute Gasteiger partial charge is 0.303 e. The predicted molar refractivity (Wildman–Crippen MR) is 175 cm³/mol. The van der Waals surface area contributed by atoms with Gasteiger partial charge in [-0.1, -0.05) is 0 Å². The number of hydrogen-bond donors (Lipinski definition) is 1. The van der Waals surface area contributed by atoms with Crippen LogP contribution >= 0.6 is 67.8 Å². The minimum Gasteiger partial charge on any atom is -0.464 e. The minimum absolute atomic E-state index is 0.0956. The Hall–Kier alpha value is -2.30. The van der Waals surface area contributed by atoms with E-state index in [0.717, 1.165) is 6.92 Å². The Balaban J connectivity index is 3.74. The molecule has 0 heterocycles. The normalized spacial score (nSPS) is 11.8. The van der Waals surface area contributed by atoms with E-state index in [1.165, 1.54) is 39.5 Å². The van der Waals surface area contributed by atoms with Crippen LogP contribution in [0.1, 0.15) is 57.5 Å². The second kappa shape index (κ2) is 18.5. The third-order valence-corrected chi connectivity index (χ3v) is 8.58. The van der Waals surface area contributed by atoms with Crippen LogP contribution in [0.5, 0.6) is 0 Å². The Bertz CT molecular complexity index is 1270. The summed E-state index contributed by atoms with van der Waals surface area (Å²) in [6, 6.07) is 0. The van der Waals surface area contributed by atoms with Gasteiger partial charge in [0.2, 0.25) is 0 Å². The van der Waals surface area contributed by atoms with Crippen LogP contribution in [0.25, 0.3) is 0 Å². The van der Waals surface area contributed by atoms with Crippen molar-refractivity contribution in [1.82, 2.24) is 5.32 Å². The Morgan fingerprint density at radius 3 is 1.81 bits per heavy atom. The number of hydrogen-bond acceptors (Lipinski definition) is 12. The highest BCUT2D eigenvalue weighted by molar-refractivity contribution is 14.1. The molecule has 2 unspecified atom stereocenters. The summed E-state index contributed by atoms with van der Waals surface area (Å²) < 4.78 is 26.6. The van der Waals surface area contributed by atoms with Crippen LogP contribution in [0.4, 0.5) is 5.69 Å². The molecule has 0 radical (unpaired) electrons. The molecule has 1 rings (SSSR count). The van der Waals surface area contributed by atoms with Gasteiger partial charge in [0.15, 0.2) is 12.2 Å². The van der Waals surface area contributed by atoms with Gasteiger partial charge in [-0.3, -0.25) is 33.6 Å². The summed E-state index contributed by atoms with van der Waals surface area (Å²) in [7, 11) is 0. The van der Waals surface area contributed by atoms with Crippen molar-refractivity contribution in [2.24, 2.45) is 0 Å². The maximum absolute atomic E-state index is 13.6. The first kappa shape index (κ1) is 38.7. The molecule has 0 bridgehead atoms. The summed E-state index contributed by atoms with van der Waals surface area (Å²) in [5, 5.41) is 2.65. The van der Waals surface area contributed by atoms with Gasteiger partial charge >= 0.3 is 29.8 Å². The Morgan fingerprint density at radius 2 is 1.30 bits per heavy atom. The molecule has 1 aromatic carbocycles. The molecular formula is C26H31I3N2O12. The lowest BCUT2D eigenvalue weighted by molar-refractivity contribution is -0.155. The van der Waals surface area contributed by atoms with Gasteiger partial charge in [0.05, 0.1) is 27.9 Å². The van der Waals surface area contributed by atoms with Crippen molar-refractivity contribution in [1.29, 1.82) is 0 Å². The first-order chi connectivity index (χ1) is 20.0. The molecule has 0 saturated carbocycles. The molecule has 1 aromatic rings. The number of nitrogens with zero attached hydrogens (tertiary/aromatic N) is 1. The molecule has 0 saturated heterocycles. The second-order valence-electron chi connectivity index (χ2n) is 8.75. The number of carbonyl (C=O) groups excluding carboxylic acids is 7. The molecule has 0 aliphatic rings. The number of nitrogens with one attached hydrogen (secondary N) is 1. The van der Waals surface area contributed by atoms with E-state index in [1.807, 2.05) is 67.8 Å². The van der Waals surface area contributed by atoms with Gasteiger partial charge in [-0.15, -0.1) is 0 Å².